The van der Waals surface area contributed by atoms with E-state index < -0.39 is 0 Å². The zero-order valence-electron chi connectivity index (χ0n) is 13.2. The van der Waals surface area contributed by atoms with Crippen LogP contribution in [0, 0.1) is 11.3 Å². The standard InChI is InChI=1S/C17H30N2/c1-13-10-14(11-17(2,3)4)6-7-16(13)19-9-8-15(12-19)18-5/h6-7,10,13,15-16,18H,8-9,11-12H2,1-5H3/t13?,15-,16?/m0/s1. The normalized spacial score (nSPS) is 32.7. The molecule has 0 aromatic carbocycles. The van der Waals surface area contributed by atoms with E-state index in [1.165, 1.54) is 31.5 Å². The van der Waals surface area contributed by atoms with Gasteiger partial charge in [0, 0.05) is 25.2 Å². The molecule has 0 amide bonds. The van der Waals surface area contributed by atoms with Gasteiger partial charge in [-0.2, -0.15) is 0 Å². The Kier molecular flexibility index (Phi) is 4.52. The minimum absolute atomic E-state index is 0.383. The number of likely N-dealkylation sites (N-methyl/N-ethyl adjacent to an activating group) is 1. The van der Waals surface area contributed by atoms with Crippen molar-refractivity contribution >= 4 is 0 Å². The van der Waals surface area contributed by atoms with Gasteiger partial charge in [-0.15, -0.1) is 0 Å². The van der Waals surface area contributed by atoms with Crippen molar-refractivity contribution in [2.75, 3.05) is 20.1 Å². The van der Waals surface area contributed by atoms with E-state index in [4.69, 9.17) is 0 Å². The van der Waals surface area contributed by atoms with Crippen LogP contribution in [0.15, 0.2) is 23.8 Å². The first kappa shape index (κ1) is 14.8. The fourth-order valence-electron chi connectivity index (χ4n) is 3.37. The lowest BCUT2D eigenvalue weighted by Crippen LogP contribution is -2.39. The van der Waals surface area contributed by atoms with Crippen LogP contribution in [0.4, 0.5) is 0 Å². The van der Waals surface area contributed by atoms with Gasteiger partial charge in [0.15, 0.2) is 0 Å². The average Bonchev–Trinajstić information content (AvgIpc) is 2.75. The fourth-order valence-corrected chi connectivity index (χ4v) is 3.37. The van der Waals surface area contributed by atoms with Crippen LogP contribution in [0.1, 0.15) is 40.5 Å². The largest absolute Gasteiger partial charge is 0.316 e. The van der Waals surface area contributed by atoms with Gasteiger partial charge in [0.1, 0.15) is 0 Å². The van der Waals surface area contributed by atoms with Crippen LogP contribution in [0.5, 0.6) is 0 Å². The van der Waals surface area contributed by atoms with E-state index in [1.54, 1.807) is 0 Å². The summed E-state index contributed by atoms with van der Waals surface area (Å²) in [4.78, 5) is 2.63. The van der Waals surface area contributed by atoms with Gasteiger partial charge in [0.05, 0.1) is 0 Å². The molecule has 19 heavy (non-hydrogen) atoms. The lowest BCUT2D eigenvalue weighted by Gasteiger charge is -2.32. The van der Waals surface area contributed by atoms with Crippen LogP contribution in [0.25, 0.3) is 0 Å². The fraction of sp³-hybridized carbons (Fsp3) is 0.765. The highest BCUT2D eigenvalue weighted by Gasteiger charge is 2.30. The van der Waals surface area contributed by atoms with Gasteiger partial charge in [-0.3, -0.25) is 4.90 Å². The van der Waals surface area contributed by atoms with Crippen molar-refractivity contribution in [1.82, 2.24) is 10.2 Å². The molecule has 0 aromatic heterocycles. The quantitative estimate of drug-likeness (QED) is 0.840. The highest BCUT2D eigenvalue weighted by atomic mass is 15.2. The molecule has 0 radical (unpaired) electrons. The molecule has 2 unspecified atom stereocenters. The molecule has 0 bridgehead atoms. The predicted octanol–water partition coefficient (Wildman–Crippen LogP) is 3.22. The first-order chi connectivity index (χ1) is 8.89. The summed E-state index contributed by atoms with van der Waals surface area (Å²) in [6, 6.07) is 1.28. The highest BCUT2D eigenvalue weighted by molar-refractivity contribution is 5.28. The molecule has 0 aromatic rings. The Labute approximate surface area is 118 Å². The number of hydrogen-bond donors (Lipinski definition) is 1. The molecule has 0 saturated carbocycles. The van der Waals surface area contributed by atoms with E-state index in [0.29, 0.717) is 23.4 Å². The topological polar surface area (TPSA) is 15.3 Å². The summed E-state index contributed by atoms with van der Waals surface area (Å²) in [7, 11) is 2.08. The summed E-state index contributed by atoms with van der Waals surface area (Å²) in [6.45, 7) is 11.7. The Balaban J connectivity index is 1.96. The van der Waals surface area contributed by atoms with Crippen molar-refractivity contribution in [2.45, 2.75) is 52.6 Å². The molecular formula is C17H30N2. The molecule has 1 heterocycles. The monoisotopic (exact) mass is 262 g/mol. The zero-order chi connectivity index (χ0) is 14.0. The maximum absolute atomic E-state index is 3.41. The summed E-state index contributed by atoms with van der Waals surface area (Å²) >= 11 is 0. The Morgan fingerprint density at radius 2 is 2.11 bits per heavy atom. The highest BCUT2D eigenvalue weighted by Crippen LogP contribution is 2.31. The Morgan fingerprint density at radius 1 is 1.37 bits per heavy atom. The lowest BCUT2D eigenvalue weighted by atomic mass is 9.83. The number of allylic oxidation sites excluding steroid dienone is 2. The van der Waals surface area contributed by atoms with Crippen molar-refractivity contribution in [2.24, 2.45) is 11.3 Å². The number of nitrogens with one attached hydrogen (secondary N) is 1. The molecule has 2 aliphatic rings. The Morgan fingerprint density at radius 3 is 2.63 bits per heavy atom. The Hall–Kier alpha value is -0.600. The molecule has 2 heteroatoms. The van der Waals surface area contributed by atoms with Gasteiger partial charge >= 0.3 is 0 Å². The van der Waals surface area contributed by atoms with E-state index in [-0.39, 0.29) is 0 Å². The molecule has 3 atom stereocenters. The molecule has 1 N–H and O–H groups in total. The Bertz CT molecular complexity index is 362. The summed E-state index contributed by atoms with van der Waals surface area (Å²) in [5.41, 5.74) is 1.90. The second-order valence-corrected chi connectivity index (χ2v) is 7.46. The number of rotatable bonds is 3. The minimum Gasteiger partial charge on any atom is -0.316 e. The maximum atomic E-state index is 3.41. The van der Waals surface area contributed by atoms with Gasteiger partial charge in [-0.25, -0.2) is 0 Å². The van der Waals surface area contributed by atoms with Crippen molar-refractivity contribution in [1.29, 1.82) is 0 Å². The lowest BCUT2D eigenvalue weighted by molar-refractivity contribution is 0.238. The van der Waals surface area contributed by atoms with Crippen molar-refractivity contribution in [3.8, 4) is 0 Å². The zero-order valence-corrected chi connectivity index (χ0v) is 13.2. The van der Waals surface area contributed by atoms with Gasteiger partial charge in [0.25, 0.3) is 0 Å². The van der Waals surface area contributed by atoms with E-state index >= 15 is 0 Å². The van der Waals surface area contributed by atoms with E-state index in [2.05, 4.69) is 63.2 Å². The van der Waals surface area contributed by atoms with Crippen molar-refractivity contribution in [3.63, 3.8) is 0 Å². The average molecular weight is 262 g/mol. The molecular weight excluding hydrogens is 232 g/mol. The van der Waals surface area contributed by atoms with E-state index in [0.717, 1.165) is 0 Å². The van der Waals surface area contributed by atoms with Gasteiger partial charge in [-0.1, -0.05) is 51.5 Å². The first-order valence-corrected chi connectivity index (χ1v) is 7.69. The summed E-state index contributed by atoms with van der Waals surface area (Å²) in [5, 5.41) is 3.41. The molecule has 2 rings (SSSR count). The summed E-state index contributed by atoms with van der Waals surface area (Å²) < 4.78 is 0. The third kappa shape index (κ3) is 3.93. The maximum Gasteiger partial charge on any atom is 0.0342 e. The van der Waals surface area contributed by atoms with Crippen molar-refractivity contribution in [3.05, 3.63) is 23.8 Å². The number of nitrogens with zero attached hydrogens (tertiary/aromatic N) is 1. The van der Waals surface area contributed by atoms with Crippen LogP contribution in [0.2, 0.25) is 0 Å². The number of likely N-dealkylation sites (tertiary alicyclic amines) is 1. The van der Waals surface area contributed by atoms with E-state index in [1.807, 2.05) is 0 Å². The molecule has 1 aliphatic carbocycles. The van der Waals surface area contributed by atoms with Gasteiger partial charge in [0.2, 0.25) is 0 Å². The van der Waals surface area contributed by atoms with Crippen LogP contribution in [-0.4, -0.2) is 37.1 Å². The third-order valence-electron chi connectivity index (χ3n) is 4.31. The molecule has 108 valence electrons. The first-order valence-electron chi connectivity index (χ1n) is 7.69. The molecule has 1 saturated heterocycles. The minimum atomic E-state index is 0.383. The van der Waals surface area contributed by atoms with E-state index in [9.17, 15) is 0 Å². The van der Waals surface area contributed by atoms with Gasteiger partial charge < -0.3 is 5.32 Å². The predicted molar refractivity (Wildman–Crippen MR) is 83.3 cm³/mol. The van der Waals surface area contributed by atoms with Gasteiger partial charge in [-0.05, 0) is 31.2 Å². The van der Waals surface area contributed by atoms with Crippen molar-refractivity contribution < 1.29 is 0 Å². The molecule has 0 spiro atoms. The second kappa shape index (κ2) is 5.80. The summed E-state index contributed by atoms with van der Waals surface area (Å²) in [6.07, 6.45) is 9.75. The third-order valence-corrected chi connectivity index (χ3v) is 4.31. The second-order valence-electron chi connectivity index (χ2n) is 7.46. The van der Waals surface area contributed by atoms with Crippen LogP contribution in [0.3, 0.4) is 0 Å². The van der Waals surface area contributed by atoms with Crippen LogP contribution < -0.4 is 5.32 Å². The number of hydrogen-bond acceptors (Lipinski definition) is 2. The molecule has 1 aliphatic heterocycles. The van der Waals surface area contributed by atoms with Crippen LogP contribution >= 0.6 is 0 Å². The molecule has 2 nitrogen and oxygen atoms in total. The molecule has 1 fully saturated rings. The van der Waals surface area contributed by atoms with Crippen LogP contribution in [-0.2, 0) is 0 Å². The smallest absolute Gasteiger partial charge is 0.0342 e. The SMILES string of the molecule is CN[C@H]1CCN(C2C=CC(CC(C)(C)C)=CC2C)C1. The summed E-state index contributed by atoms with van der Waals surface area (Å²) in [5.74, 6) is 0.637.